The Morgan fingerprint density at radius 1 is 0.773 bits per heavy atom. The standard InChI is InChI=1S/C13H22N2.C3H4O4/c1-3-7-12(8-4-1)14-11-15-13-9-5-2-6-10-13;4-2(5)1-3(6)7/h12-13H,1-10H2;1H2,(H,4,5)(H,6,7). The van der Waals surface area contributed by atoms with Crippen molar-refractivity contribution in [3.05, 3.63) is 0 Å². The van der Waals surface area contributed by atoms with Gasteiger partial charge in [-0.1, -0.05) is 38.5 Å². The van der Waals surface area contributed by atoms with E-state index >= 15 is 0 Å². The van der Waals surface area contributed by atoms with Crippen molar-refractivity contribution >= 4 is 17.9 Å². The lowest BCUT2D eigenvalue weighted by atomic mass is 9.96. The maximum atomic E-state index is 9.43. The van der Waals surface area contributed by atoms with Gasteiger partial charge < -0.3 is 10.2 Å². The monoisotopic (exact) mass is 310 g/mol. The van der Waals surface area contributed by atoms with Crippen molar-refractivity contribution in [2.45, 2.75) is 82.7 Å². The van der Waals surface area contributed by atoms with Gasteiger partial charge in [-0.05, 0) is 25.7 Å². The highest BCUT2D eigenvalue weighted by Crippen LogP contribution is 2.21. The molecule has 2 rings (SSSR count). The summed E-state index contributed by atoms with van der Waals surface area (Å²) in [5, 5.41) is 15.4. The van der Waals surface area contributed by atoms with E-state index < -0.39 is 18.4 Å². The molecule has 0 aromatic heterocycles. The van der Waals surface area contributed by atoms with Crippen molar-refractivity contribution < 1.29 is 19.8 Å². The average Bonchev–Trinajstić information content (AvgIpc) is 2.49. The third kappa shape index (κ3) is 9.29. The molecule has 2 fully saturated rings. The average molecular weight is 310 g/mol. The van der Waals surface area contributed by atoms with E-state index in [-0.39, 0.29) is 0 Å². The van der Waals surface area contributed by atoms with Gasteiger partial charge in [-0.3, -0.25) is 9.59 Å². The number of nitrogens with zero attached hydrogens (tertiary/aromatic N) is 2. The number of aliphatic imine (C=N–C) groups is 2. The first-order chi connectivity index (χ1) is 10.6. The van der Waals surface area contributed by atoms with Crippen LogP contribution in [-0.4, -0.2) is 40.2 Å². The summed E-state index contributed by atoms with van der Waals surface area (Å²) in [7, 11) is 0. The predicted octanol–water partition coefficient (Wildman–Crippen LogP) is 3.37. The number of hydrogen-bond acceptors (Lipinski definition) is 4. The lowest BCUT2D eigenvalue weighted by Gasteiger charge is -2.17. The van der Waals surface area contributed by atoms with Crippen LogP contribution in [0.1, 0.15) is 70.6 Å². The fraction of sp³-hybridized carbons (Fsp3) is 0.812. The number of carbonyl (C=O) groups is 2. The Balaban J connectivity index is 0.000000295. The topological polar surface area (TPSA) is 99.3 Å². The van der Waals surface area contributed by atoms with Crippen LogP contribution in [0.4, 0.5) is 0 Å². The molecule has 0 aliphatic heterocycles. The van der Waals surface area contributed by atoms with Gasteiger partial charge in [0.25, 0.3) is 0 Å². The molecule has 2 aliphatic carbocycles. The van der Waals surface area contributed by atoms with Crippen molar-refractivity contribution in [2.24, 2.45) is 9.98 Å². The fourth-order valence-corrected chi connectivity index (χ4v) is 2.75. The van der Waals surface area contributed by atoms with Crippen LogP contribution in [0.2, 0.25) is 0 Å². The van der Waals surface area contributed by atoms with Crippen LogP contribution in [0.3, 0.4) is 0 Å². The van der Waals surface area contributed by atoms with E-state index in [0.717, 1.165) is 0 Å². The minimum Gasteiger partial charge on any atom is -0.481 e. The minimum absolute atomic E-state index is 0.533. The summed E-state index contributed by atoms with van der Waals surface area (Å²) >= 11 is 0. The van der Waals surface area contributed by atoms with Gasteiger partial charge in [0.1, 0.15) is 6.42 Å². The highest BCUT2D eigenvalue weighted by atomic mass is 16.4. The number of carboxylic acids is 2. The number of rotatable bonds is 4. The van der Waals surface area contributed by atoms with E-state index in [2.05, 4.69) is 16.0 Å². The van der Waals surface area contributed by atoms with Crippen molar-refractivity contribution in [3.8, 4) is 0 Å². The van der Waals surface area contributed by atoms with E-state index in [9.17, 15) is 9.59 Å². The van der Waals surface area contributed by atoms with Crippen LogP contribution in [0.15, 0.2) is 9.98 Å². The quantitative estimate of drug-likeness (QED) is 0.614. The van der Waals surface area contributed by atoms with Gasteiger partial charge in [-0.15, -0.1) is 0 Å². The molecule has 0 bridgehead atoms. The van der Waals surface area contributed by atoms with Crippen LogP contribution in [0.5, 0.6) is 0 Å². The van der Waals surface area contributed by atoms with E-state index in [1.165, 1.54) is 64.2 Å². The Morgan fingerprint density at radius 2 is 1.14 bits per heavy atom. The third-order valence-electron chi connectivity index (χ3n) is 3.93. The SMILES string of the molecule is C(=NC1CCCCC1)=NC1CCCCC1.O=C(O)CC(=O)O. The summed E-state index contributed by atoms with van der Waals surface area (Å²) in [4.78, 5) is 27.8. The smallest absolute Gasteiger partial charge is 0.314 e. The number of aliphatic carboxylic acids is 2. The minimum atomic E-state index is -1.31. The molecular weight excluding hydrogens is 284 g/mol. The zero-order chi connectivity index (χ0) is 16.2. The highest BCUT2D eigenvalue weighted by Gasteiger charge is 2.12. The molecule has 6 nitrogen and oxygen atoms in total. The second kappa shape index (κ2) is 11.0. The maximum Gasteiger partial charge on any atom is 0.314 e. The highest BCUT2D eigenvalue weighted by molar-refractivity contribution is 5.88. The van der Waals surface area contributed by atoms with Crippen LogP contribution in [0.25, 0.3) is 0 Å². The van der Waals surface area contributed by atoms with Crippen LogP contribution >= 0.6 is 0 Å². The third-order valence-corrected chi connectivity index (χ3v) is 3.93. The second-order valence-electron chi connectivity index (χ2n) is 5.91. The number of carboxylic acid groups (broad SMARTS) is 2. The van der Waals surface area contributed by atoms with Crippen molar-refractivity contribution in [2.75, 3.05) is 0 Å². The summed E-state index contributed by atoms with van der Waals surface area (Å²) in [6.07, 6.45) is 12.4. The van der Waals surface area contributed by atoms with Gasteiger partial charge in [-0.25, -0.2) is 9.98 Å². The molecule has 0 spiro atoms. The van der Waals surface area contributed by atoms with Gasteiger partial charge in [0.05, 0.1) is 18.1 Å². The zero-order valence-electron chi connectivity index (χ0n) is 13.0. The van der Waals surface area contributed by atoms with Crippen molar-refractivity contribution in [3.63, 3.8) is 0 Å². The number of hydrogen-bond donors (Lipinski definition) is 2. The molecule has 2 saturated carbocycles. The summed E-state index contributed by atoms with van der Waals surface area (Å²) in [6, 6.07) is 4.04. The molecule has 2 aliphatic rings. The predicted molar refractivity (Wildman–Crippen MR) is 83.5 cm³/mol. The first-order valence-electron chi connectivity index (χ1n) is 8.16. The first kappa shape index (κ1) is 18.4. The molecule has 0 unspecified atom stereocenters. The maximum absolute atomic E-state index is 9.43. The van der Waals surface area contributed by atoms with Crippen LogP contribution in [0, 0.1) is 0 Å². The Hall–Kier alpha value is -1.68. The van der Waals surface area contributed by atoms with Gasteiger partial charge in [0.2, 0.25) is 0 Å². The Kier molecular flexibility index (Phi) is 9.15. The lowest BCUT2D eigenvalue weighted by molar-refractivity contribution is -0.147. The van der Waals surface area contributed by atoms with Gasteiger partial charge in [0, 0.05) is 0 Å². The lowest BCUT2D eigenvalue weighted by Crippen LogP contribution is -2.10. The first-order valence-corrected chi connectivity index (χ1v) is 8.16. The van der Waals surface area contributed by atoms with Crippen LogP contribution in [-0.2, 0) is 9.59 Å². The molecule has 22 heavy (non-hydrogen) atoms. The van der Waals surface area contributed by atoms with E-state index in [1.807, 2.05) is 0 Å². The summed E-state index contributed by atoms with van der Waals surface area (Å²) in [5.74, 6) is -2.62. The van der Waals surface area contributed by atoms with Gasteiger partial charge in [-0.2, -0.15) is 0 Å². The molecule has 0 heterocycles. The molecule has 124 valence electrons. The van der Waals surface area contributed by atoms with Crippen molar-refractivity contribution in [1.29, 1.82) is 0 Å². The Morgan fingerprint density at radius 3 is 1.41 bits per heavy atom. The molecule has 0 amide bonds. The van der Waals surface area contributed by atoms with Crippen LogP contribution < -0.4 is 0 Å². The molecule has 0 aromatic rings. The van der Waals surface area contributed by atoms with E-state index in [0.29, 0.717) is 12.1 Å². The molecule has 2 N–H and O–H groups in total. The molecule has 0 radical (unpaired) electrons. The second-order valence-corrected chi connectivity index (χ2v) is 5.91. The molecule has 0 atom stereocenters. The largest absolute Gasteiger partial charge is 0.481 e. The van der Waals surface area contributed by atoms with Gasteiger partial charge in [0.15, 0.2) is 0 Å². The fourth-order valence-electron chi connectivity index (χ4n) is 2.75. The summed E-state index contributed by atoms with van der Waals surface area (Å²) in [6.45, 7) is 0. The zero-order valence-corrected chi connectivity index (χ0v) is 13.0. The van der Waals surface area contributed by atoms with Gasteiger partial charge >= 0.3 is 11.9 Å². The Bertz CT molecular complexity index is 370. The molecule has 0 saturated heterocycles. The molecule has 6 heteroatoms. The molecule has 0 aromatic carbocycles. The van der Waals surface area contributed by atoms with Crippen molar-refractivity contribution in [1.82, 2.24) is 0 Å². The summed E-state index contributed by atoms with van der Waals surface area (Å²) < 4.78 is 0. The molecular formula is C16H26N2O4. The van der Waals surface area contributed by atoms with E-state index in [1.54, 1.807) is 0 Å². The Labute approximate surface area is 131 Å². The van der Waals surface area contributed by atoms with E-state index in [4.69, 9.17) is 10.2 Å². The summed E-state index contributed by atoms with van der Waals surface area (Å²) in [5.41, 5.74) is 0. The normalized spacial score (nSPS) is 19.3.